The van der Waals surface area contributed by atoms with E-state index in [-0.39, 0.29) is 17.4 Å². The minimum absolute atomic E-state index is 0.00180. The molecule has 3 aromatic rings. The largest absolute Gasteiger partial charge is 0.325 e. The Bertz CT molecular complexity index is 977. The molecule has 6 heteroatoms. The van der Waals surface area contributed by atoms with Crippen molar-refractivity contribution < 1.29 is 9.59 Å². The van der Waals surface area contributed by atoms with Crippen LogP contribution < -0.4 is 5.32 Å². The van der Waals surface area contributed by atoms with Crippen molar-refractivity contribution in [1.29, 1.82) is 0 Å². The summed E-state index contributed by atoms with van der Waals surface area (Å²) in [5, 5.41) is 3.62. The highest BCUT2D eigenvalue weighted by Crippen LogP contribution is 2.27. The Balaban J connectivity index is 1.67. The van der Waals surface area contributed by atoms with Crippen LogP contribution in [0.3, 0.4) is 0 Å². The number of benzene rings is 2. The zero-order chi connectivity index (χ0) is 20.1. The molecule has 0 saturated heterocycles. The zero-order valence-electron chi connectivity index (χ0n) is 16.2. The Kier molecular flexibility index (Phi) is 6.31. The fourth-order valence-corrected chi connectivity index (χ4v) is 3.66. The van der Waals surface area contributed by atoms with Crippen LogP contribution in [0.5, 0.6) is 0 Å². The molecule has 3 rings (SSSR count). The van der Waals surface area contributed by atoms with Crippen LogP contribution >= 0.6 is 11.8 Å². The predicted molar refractivity (Wildman–Crippen MR) is 113 cm³/mol. The van der Waals surface area contributed by atoms with E-state index in [0.29, 0.717) is 17.2 Å². The number of aromatic nitrogens is 2. The van der Waals surface area contributed by atoms with Gasteiger partial charge in [-0.3, -0.25) is 14.2 Å². The molecule has 0 aliphatic carbocycles. The third kappa shape index (κ3) is 4.70. The standard InChI is InChI=1S/C22H23N3O2S/c1-15(2)19-6-4-5-7-20(19)25-13-12-23-22(25)28-14-21(27)24-18-10-8-17(9-11-18)16(3)26/h4-13,15H,14H2,1-3H3,(H,24,27). The zero-order valence-corrected chi connectivity index (χ0v) is 17.0. The topological polar surface area (TPSA) is 64.0 Å². The summed E-state index contributed by atoms with van der Waals surface area (Å²) in [4.78, 5) is 28.1. The van der Waals surface area contributed by atoms with Gasteiger partial charge in [0.2, 0.25) is 5.91 Å². The van der Waals surface area contributed by atoms with E-state index in [1.54, 1.807) is 30.5 Å². The number of nitrogens with zero attached hydrogens (tertiary/aromatic N) is 2. The van der Waals surface area contributed by atoms with Crippen LogP contribution in [0.4, 0.5) is 5.69 Å². The summed E-state index contributed by atoms with van der Waals surface area (Å²) in [7, 11) is 0. The van der Waals surface area contributed by atoms with Gasteiger partial charge in [-0.1, -0.05) is 43.8 Å². The quantitative estimate of drug-likeness (QED) is 0.457. The number of carbonyl (C=O) groups excluding carboxylic acids is 2. The van der Waals surface area contributed by atoms with E-state index in [0.717, 1.165) is 10.8 Å². The van der Waals surface area contributed by atoms with Crippen LogP contribution in [0.1, 0.15) is 42.6 Å². The molecule has 0 radical (unpaired) electrons. The number of ketones is 1. The number of nitrogens with one attached hydrogen (secondary N) is 1. The van der Waals surface area contributed by atoms with E-state index in [1.807, 2.05) is 22.9 Å². The third-order valence-corrected chi connectivity index (χ3v) is 5.30. The van der Waals surface area contributed by atoms with Crippen LogP contribution in [-0.4, -0.2) is 27.0 Å². The van der Waals surface area contributed by atoms with E-state index in [9.17, 15) is 9.59 Å². The number of carbonyl (C=O) groups is 2. The Morgan fingerprint density at radius 2 is 1.82 bits per heavy atom. The number of anilines is 1. The third-order valence-electron chi connectivity index (χ3n) is 4.33. The van der Waals surface area contributed by atoms with Crippen molar-refractivity contribution in [3.05, 3.63) is 72.1 Å². The number of hydrogen-bond donors (Lipinski definition) is 1. The first-order valence-corrected chi connectivity index (χ1v) is 10.1. The highest BCUT2D eigenvalue weighted by molar-refractivity contribution is 7.99. The van der Waals surface area contributed by atoms with E-state index >= 15 is 0 Å². The normalized spacial score (nSPS) is 10.9. The van der Waals surface area contributed by atoms with Gasteiger partial charge in [-0.05, 0) is 48.7 Å². The van der Waals surface area contributed by atoms with Crippen LogP contribution in [0.15, 0.2) is 66.1 Å². The highest BCUT2D eigenvalue weighted by Gasteiger charge is 2.13. The summed E-state index contributed by atoms with van der Waals surface area (Å²) >= 11 is 1.39. The SMILES string of the molecule is CC(=O)c1ccc(NC(=O)CSc2nccn2-c2ccccc2C(C)C)cc1. The van der Waals surface area contributed by atoms with Crippen LogP contribution in [0.25, 0.3) is 5.69 Å². The summed E-state index contributed by atoms with van der Waals surface area (Å²) < 4.78 is 2.02. The molecule has 1 N–H and O–H groups in total. The van der Waals surface area contributed by atoms with E-state index < -0.39 is 0 Å². The van der Waals surface area contributed by atoms with Gasteiger partial charge in [0.25, 0.3) is 0 Å². The maximum absolute atomic E-state index is 12.3. The number of imidazole rings is 1. The lowest BCUT2D eigenvalue weighted by molar-refractivity contribution is -0.113. The van der Waals surface area contributed by atoms with Crippen molar-refractivity contribution in [3.63, 3.8) is 0 Å². The Morgan fingerprint density at radius 1 is 1.11 bits per heavy atom. The van der Waals surface area contributed by atoms with Crippen LogP contribution in [0.2, 0.25) is 0 Å². The van der Waals surface area contributed by atoms with Gasteiger partial charge in [-0.15, -0.1) is 0 Å². The minimum Gasteiger partial charge on any atom is -0.325 e. The molecule has 0 atom stereocenters. The van der Waals surface area contributed by atoms with Gasteiger partial charge in [-0.2, -0.15) is 0 Å². The summed E-state index contributed by atoms with van der Waals surface area (Å²) in [5.41, 5.74) is 3.61. The second-order valence-electron chi connectivity index (χ2n) is 6.76. The molecule has 0 aliphatic rings. The van der Waals surface area contributed by atoms with Gasteiger partial charge in [0.15, 0.2) is 10.9 Å². The molecule has 0 aliphatic heterocycles. The van der Waals surface area contributed by atoms with Crippen LogP contribution in [-0.2, 0) is 4.79 Å². The molecule has 0 saturated carbocycles. The van der Waals surface area contributed by atoms with Crippen molar-refractivity contribution >= 4 is 29.1 Å². The molecular formula is C22H23N3O2S. The monoisotopic (exact) mass is 393 g/mol. The smallest absolute Gasteiger partial charge is 0.234 e. The fraction of sp³-hybridized carbons (Fsp3) is 0.227. The molecular weight excluding hydrogens is 370 g/mol. The molecule has 0 unspecified atom stereocenters. The molecule has 28 heavy (non-hydrogen) atoms. The highest BCUT2D eigenvalue weighted by atomic mass is 32.2. The van der Waals surface area contributed by atoms with Crippen molar-refractivity contribution in [1.82, 2.24) is 9.55 Å². The number of rotatable bonds is 7. The predicted octanol–water partition coefficient (Wildman–Crippen LogP) is 4.93. The summed E-state index contributed by atoms with van der Waals surface area (Å²) in [6.07, 6.45) is 3.67. The maximum atomic E-state index is 12.3. The lowest BCUT2D eigenvalue weighted by Gasteiger charge is -2.15. The van der Waals surface area contributed by atoms with E-state index in [1.165, 1.54) is 24.2 Å². The lowest BCUT2D eigenvalue weighted by atomic mass is 10.0. The second kappa shape index (κ2) is 8.89. The molecule has 0 spiro atoms. The average molecular weight is 394 g/mol. The van der Waals surface area contributed by atoms with Crippen molar-refractivity contribution in [2.45, 2.75) is 31.8 Å². The number of amides is 1. The van der Waals surface area contributed by atoms with Gasteiger partial charge < -0.3 is 5.32 Å². The second-order valence-corrected chi connectivity index (χ2v) is 7.71. The Morgan fingerprint density at radius 3 is 2.50 bits per heavy atom. The first-order valence-electron chi connectivity index (χ1n) is 9.12. The van der Waals surface area contributed by atoms with Crippen LogP contribution in [0, 0.1) is 0 Å². The molecule has 1 heterocycles. The Labute approximate surface area is 169 Å². The van der Waals surface area contributed by atoms with Crippen molar-refractivity contribution in [3.8, 4) is 5.69 Å². The molecule has 1 amide bonds. The number of para-hydroxylation sites is 1. The first-order chi connectivity index (χ1) is 13.5. The molecule has 144 valence electrons. The summed E-state index contributed by atoms with van der Waals surface area (Å²) in [5.74, 6) is 0.516. The van der Waals surface area contributed by atoms with Crippen molar-refractivity contribution in [2.75, 3.05) is 11.1 Å². The molecule has 1 aromatic heterocycles. The summed E-state index contributed by atoms with van der Waals surface area (Å²) in [6.45, 7) is 5.84. The number of hydrogen-bond acceptors (Lipinski definition) is 4. The summed E-state index contributed by atoms with van der Waals surface area (Å²) in [6, 6.07) is 15.1. The molecule has 0 bridgehead atoms. The van der Waals surface area contributed by atoms with Gasteiger partial charge in [0, 0.05) is 23.6 Å². The molecule has 5 nitrogen and oxygen atoms in total. The molecule has 2 aromatic carbocycles. The van der Waals surface area contributed by atoms with Crippen molar-refractivity contribution in [2.24, 2.45) is 0 Å². The number of thioether (sulfide) groups is 1. The first kappa shape index (κ1) is 19.9. The van der Waals surface area contributed by atoms with Gasteiger partial charge in [0.1, 0.15) is 0 Å². The number of Topliss-reactive ketones (excluding diaryl/α,β-unsaturated/α-hetero) is 1. The van der Waals surface area contributed by atoms with Gasteiger partial charge >= 0.3 is 0 Å². The average Bonchev–Trinajstić information content (AvgIpc) is 3.15. The minimum atomic E-state index is -0.118. The maximum Gasteiger partial charge on any atom is 0.234 e. The van der Waals surface area contributed by atoms with E-state index in [4.69, 9.17) is 0 Å². The Hall–Kier alpha value is -2.86. The van der Waals surface area contributed by atoms with E-state index in [2.05, 4.69) is 36.3 Å². The lowest BCUT2D eigenvalue weighted by Crippen LogP contribution is -2.14. The van der Waals surface area contributed by atoms with Gasteiger partial charge in [0.05, 0.1) is 11.4 Å². The van der Waals surface area contributed by atoms with Gasteiger partial charge in [-0.25, -0.2) is 4.98 Å². The molecule has 0 fully saturated rings. The fourth-order valence-electron chi connectivity index (χ4n) is 2.89.